The van der Waals surface area contributed by atoms with Gasteiger partial charge in [-0.2, -0.15) is 0 Å². The molecule has 0 aromatic heterocycles. The fourth-order valence-corrected chi connectivity index (χ4v) is 10.8. The number of aliphatic hydroxyl groups is 1. The van der Waals surface area contributed by atoms with E-state index in [0.29, 0.717) is 12.8 Å². The standard InChI is InChI=1S/C70H134O5/c1-3-5-7-9-11-13-15-17-19-21-23-25-27-29-31-32-33-34-35-36-37-38-39-41-43-45-47-49-51-53-55-57-59-61-63-65-70(73)75-68(66-71)67-74-69(72)64-62-60-58-56-54-52-50-48-46-44-42-40-30-28-26-24-22-20-18-16-14-12-10-8-6-4-2/h15,17,21,23,68,71H,3-14,16,18-20,22,24-67H2,1-2H3/b17-15-,23-21-. The van der Waals surface area contributed by atoms with E-state index in [1.807, 2.05) is 0 Å². The maximum absolute atomic E-state index is 12.4. The molecule has 0 aliphatic heterocycles. The van der Waals surface area contributed by atoms with Crippen molar-refractivity contribution in [3.05, 3.63) is 24.3 Å². The summed E-state index contributed by atoms with van der Waals surface area (Å²) in [6.45, 7) is 4.20. The van der Waals surface area contributed by atoms with E-state index < -0.39 is 6.10 Å². The van der Waals surface area contributed by atoms with Crippen LogP contribution in [0.25, 0.3) is 0 Å². The van der Waals surface area contributed by atoms with Crippen molar-refractivity contribution in [3.8, 4) is 0 Å². The van der Waals surface area contributed by atoms with Gasteiger partial charge in [0.25, 0.3) is 0 Å². The third kappa shape index (κ3) is 64.8. The fraction of sp³-hybridized carbons (Fsp3) is 0.914. The number of esters is 2. The van der Waals surface area contributed by atoms with E-state index in [4.69, 9.17) is 9.47 Å². The van der Waals surface area contributed by atoms with E-state index in [9.17, 15) is 14.7 Å². The minimum Gasteiger partial charge on any atom is -0.462 e. The van der Waals surface area contributed by atoms with Gasteiger partial charge in [0.05, 0.1) is 6.61 Å². The summed E-state index contributed by atoms with van der Waals surface area (Å²) in [7, 11) is 0. The minimum atomic E-state index is -0.767. The molecule has 75 heavy (non-hydrogen) atoms. The molecule has 0 aromatic rings. The van der Waals surface area contributed by atoms with Crippen LogP contribution in [0.5, 0.6) is 0 Å². The molecule has 1 unspecified atom stereocenters. The van der Waals surface area contributed by atoms with Crippen molar-refractivity contribution in [3.63, 3.8) is 0 Å². The summed E-state index contributed by atoms with van der Waals surface area (Å²) < 4.78 is 10.8. The van der Waals surface area contributed by atoms with Crippen LogP contribution >= 0.6 is 0 Å². The monoisotopic (exact) mass is 1060 g/mol. The summed E-state index contributed by atoms with van der Waals surface area (Å²) in [6.07, 6.45) is 86.4. The molecule has 0 saturated heterocycles. The first-order valence-corrected chi connectivity index (χ1v) is 34.4. The molecular weight excluding hydrogens is 921 g/mol. The highest BCUT2D eigenvalue weighted by atomic mass is 16.6. The Labute approximate surface area is 470 Å². The summed E-state index contributed by atoms with van der Waals surface area (Å²) in [4.78, 5) is 24.6. The van der Waals surface area contributed by atoms with Gasteiger partial charge in [0.2, 0.25) is 0 Å². The minimum absolute atomic E-state index is 0.0573. The Kier molecular flexibility index (Phi) is 65.2. The number of hydrogen-bond donors (Lipinski definition) is 1. The van der Waals surface area contributed by atoms with E-state index in [0.717, 1.165) is 38.5 Å². The molecule has 0 amide bonds. The molecule has 0 aromatic carbocycles. The highest BCUT2D eigenvalue weighted by Gasteiger charge is 2.16. The number of allylic oxidation sites excluding steroid dienone is 4. The lowest BCUT2D eigenvalue weighted by molar-refractivity contribution is -0.161. The molecule has 0 bridgehead atoms. The molecule has 0 fully saturated rings. The van der Waals surface area contributed by atoms with Gasteiger partial charge in [0.15, 0.2) is 6.10 Å². The molecule has 0 aliphatic rings. The lowest BCUT2D eigenvalue weighted by atomic mass is 10.0. The van der Waals surface area contributed by atoms with Gasteiger partial charge in [-0.05, 0) is 44.9 Å². The van der Waals surface area contributed by atoms with Gasteiger partial charge < -0.3 is 14.6 Å². The second-order valence-corrected chi connectivity index (χ2v) is 23.6. The first kappa shape index (κ1) is 73.4. The summed E-state index contributed by atoms with van der Waals surface area (Å²) in [5.74, 6) is -0.562. The molecule has 5 nitrogen and oxygen atoms in total. The number of rotatable bonds is 65. The zero-order chi connectivity index (χ0) is 54.1. The average Bonchev–Trinajstić information content (AvgIpc) is 3.41. The molecule has 0 spiro atoms. The molecule has 0 rings (SSSR count). The number of hydrogen-bond acceptors (Lipinski definition) is 5. The molecule has 0 heterocycles. The average molecular weight is 1060 g/mol. The topological polar surface area (TPSA) is 72.8 Å². The largest absolute Gasteiger partial charge is 0.462 e. The van der Waals surface area contributed by atoms with Crippen LogP contribution in [0.1, 0.15) is 393 Å². The predicted molar refractivity (Wildman–Crippen MR) is 330 cm³/mol. The van der Waals surface area contributed by atoms with Crippen molar-refractivity contribution in [2.45, 2.75) is 399 Å². The lowest BCUT2D eigenvalue weighted by Gasteiger charge is -2.15. The number of carbonyl (C=O) groups is 2. The SMILES string of the molecule is CCCCCCC/C=C\C/C=C\CCCCCCCCCCCCCCCCCCCCCCCCCC(=O)OC(CO)COC(=O)CCCCCCCCCCCCCCCCCCCCCCCCCCCC. The van der Waals surface area contributed by atoms with Crippen molar-refractivity contribution < 1.29 is 24.2 Å². The Morgan fingerprint density at radius 2 is 0.533 bits per heavy atom. The zero-order valence-corrected chi connectivity index (χ0v) is 51.1. The number of aliphatic hydroxyl groups excluding tert-OH is 1. The number of unbranched alkanes of at least 4 members (excludes halogenated alkanes) is 53. The molecule has 0 saturated carbocycles. The Hall–Kier alpha value is -1.62. The maximum atomic E-state index is 12.4. The molecule has 444 valence electrons. The van der Waals surface area contributed by atoms with Crippen LogP contribution in [-0.4, -0.2) is 36.4 Å². The molecule has 5 heteroatoms. The molecule has 1 N–H and O–H groups in total. The van der Waals surface area contributed by atoms with Crippen LogP contribution in [0.4, 0.5) is 0 Å². The summed E-state index contributed by atoms with van der Waals surface area (Å²) in [5.41, 5.74) is 0. The van der Waals surface area contributed by atoms with Gasteiger partial charge in [-0.3, -0.25) is 9.59 Å². The maximum Gasteiger partial charge on any atom is 0.306 e. The van der Waals surface area contributed by atoms with Gasteiger partial charge in [0, 0.05) is 12.8 Å². The van der Waals surface area contributed by atoms with Crippen LogP contribution in [0.2, 0.25) is 0 Å². The smallest absolute Gasteiger partial charge is 0.306 e. The van der Waals surface area contributed by atoms with Gasteiger partial charge in [0.1, 0.15) is 6.61 Å². The first-order valence-electron chi connectivity index (χ1n) is 34.4. The van der Waals surface area contributed by atoms with Crippen LogP contribution in [0.3, 0.4) is 0 Å². The van der Waals surface area contributed by atoms with E-state index in [1.54, 1.807) is 0 Å². The van der Waals surface area contributed by atoms with E-state index in [-0.39, 0.29) is 25.2 Å². The van der Waals surface area contributed by atoms with Crippen molar-refractivity contribution in [1.82, 2.24) is 0 Å². The van der Waals surface area contributed by atoms with Gasteiger partial charge in [-0.1, -0.05) is 359 Å². The van der Waals surface area contributed by atoms with E-state index in [1.165, 1.54) is 327 Å². The molecule has 0 radical (unpaired) electrons. The summed E-state index contributed by atoms with van der Waals surface area (Å²) in [6, 6.07) is 0. The Bertz CT molecular complexity index is 1150. The second kappa shape index (κ2) is 66.7. The van der Waals surface area contributed by atoms with Crippen LogP contribution < -0.4 is 0 Å². The van der Waals surface area contributed by atoms with Gasteiger partial charge in [-0.15, -0.1) is 0 Å². The summed E-state index contributed by atoms with van der Waals surface area (Å²) in [5, 5.41) is 9.69. The van der Waals surface area contributed by atoms with Crippen molar-refractivity contribution >= 4 is 11.9 Å². The lowest BCUT2D eigenvalue weighted by Crippen LogP contribution is -2.28. The Morgan fingerprint density at radius 3 is 0.787 bits per heavy atom. The van der Waals surface area contributed by atoms with E-state index >= 15 is 0 Å². The quantitative estimate of drug-likeness (QED) is 0.0373. The van der Waals surface area contributed by atoms with Crippen LogP contribution in [-0.2, 0) is 19.1 Å². The van der Waals surface area contributed by atoms with Crippen LogP contribution in [0, 0.1) is 0 Å². The van der Waals surface area contributed by atoms with Gasteiger partial charge in [-0.25, -0.2) is 0 Å². The first-order chi connectivity index (χ1) is 37.1. The zero-order valence-electron chi connectivity index (χ0n) is 51.1. The third-order valence-electron chi connectivity index (χ3n) is 16.0. The molecule has 0 aliphatic carbocycles. The number of ether oxygens (including phenoxy) is 2. The Morgan fingerprint density at radius 1 is 0.307 bits per heavy atom. The summed E-state index contributed by atoms with van der Waals surface area (Å²) >= 11 is 0. The highest BCUT2D eigenvalue weighted by molar-refractivity contribution is 5.70. The fourth-order valence-electron chi connectivity index (χ4n) is 10.8. The third-order valence-corrected chi connectivity index (χ3v) is 16.0. The van der Waals surface area contributed by atoms with Crippen molar-refractivity contribution in [2.24, 2.45) is 0 Å². The Balaban J connectivity index is 3.37. The highest BCUT2D eigenvalue weighted by Crippen LogP contribution is 2.19. The number of carbonyl (C=O) groups excluding carboxylic acids is 2. The molecule has 1 atom stereocenters. The van der Waals surface area contributed by atoms with Crippen molar-refractivity contribution in [1.29, 1.82) is 0 Å². The van der Waals surface area contributed by atoms with E-state index in [2.05, 4.69) is 38.2 Å². The van der Waals surface area contributed by atoms with Crippen molar-refractivity contribution in [2.75, 3.05) is 13.2 Å². The van der Waals surface area contributed by atoms with Gasteiger partial charge >= 0.3 is 11.9 Å². The second-order valence-electron chi connectivity index (χ2n) is 23.6. The predicted octanol–water partition coefficient (Wildman–Crippen LogP) is 23.6. The van der Waals surface area contributed by atoms with Crippen LogP contribution in [0.15, 0.2) is 24.3 Å². The normalized spacial score (nSPS) is 12.2. The molecular formula is C70H134O5.